The van der Waals surface area contributed by atoms with Crippen molar-refractivity contribution in [1.29, 1.82) is 0 Å². The molecule has 0 aliphatic carbocycles. The van der Waals surface area contributed by atoms with E-state index in [9.17, 15) is 4.79 Å². The van der Waals surface area contributed by atoms with Gasteiger partial charge in [0.05, 0.1) is 6.04 Å². The van der Waals surface area contributed by atoms with Crippen LogP contribution in [-0.4, -0.2) is 29.9 Å². The molecule has 90 valence electrons. The predicted octanol–water partition coefficient (Wildman–Crippen LogP) is 2.01. The summed E-state index contributed by atoms with van der Waals surface area (Å²) in [6, 6.07) is -0.141. The minimum atomic E-state index is -0.343. The Morgan fingerprint density at radius 3 is 2.20 bits per heavy atom. The van der Waals surface area contributed by atoms with Gasteiger partial charge < -0.3 is 10.6 Å². The van der Waals surface area contributed by atoms with Gasteiger partial charge in [-0.2, -0.15) is 0 Å². The number of rotatable bonds is 4. The summed E-state index contributed by atoms with van der Waals surface area (Å²) in [5.41, 5.74) is 5.91. The minimum Gasteiger partial charge on any atom is -0.341 e. The van der Waals surface area contributed by atoms with Crippen molar-refractivity contribution in [2.75, 3.05) is 7.05 Å². The van der Waals surface area contributed by atoms with E-state index < -0.39 is 0 Å². The molecule has 3 heteroatoms. The first kappa shape index (κ1) is 14.4. The Hall–Kier alpha value is -0.570. The molecule has 0 radical (unpaired) electrons. The number of likely N-dealkylation sites (N-methyl/N-ethyl adjacent to an activating group) is 1. The van der Waals surface area contributed by atoms with Crippen molar-refractivity contribution in [3.63, 3.8) is 0 Å². The van der Waals surface area contributed by atoms with Crippen LogP contribution in [0.25, 0.3) is 0 Å². The van der Waals surface area contributed by atoms with E-state index in [0.29, 0.717) is 0 Å². The maximum Gasteiger partial charge on any atom is 0.239 e. The van der Waals surface area contributed by atoms with Crippen molar-refractivity contribution in [3.8, 4) is 0 Å². The number of nitrogens with zero attached hydrogens (tertiary/aromatic N) is 1. The smallest absolute Gasteiger partial charge is 0.239 e. The Labute approximate surface area is 94.0 Å². The molecular weight excluding hydrogens is 188 g/mol. The zero-order valence-electron chi connectivity index (χ0n) is 11.0. The van der Waals surface area contributed by atoms with Gasteiger partial charge in [0, 0.05) is 13.1 Å². The third kappa shape index (κ3) is 4.20. The van der Waals surface area contributed by atoms with E-state index in [-0.39, 0.29) is 23.4 Å². The second-order valence-corrected chi connectivity index (χ2v) is 5.39. The van der Waals surface area contributed by atoms with Crippen LogP contribution in [0.4, 0.5) is 0 Å². The molecular formula is C12H26N2O. The molecule has 0 bridgehead atoms. The normalized spacial score (nSPS) is 15.9. The Balaban J connectivity index is 4.44. The summed E-state index contributed by atoms with van der Waals surface area (Å²) in [4.78, 5) is 13.7. The number of carbonyl (C=O) groups excluding carboxylic acids is 1. The molecule has 1 amide bonds. The topological polar surface area (TPSA) is 46.3 Å². The van der Waals surface area contributed by atoms with Gasteiger partial charge >= 0.3 is 0 Å². The summed E-state index contributed by atoms with van der Waals surface area (Å²) >= 11 is 0. The number of amides is 1. The second-order valence-electron chi connectivity index (χ2n) is 5.39. The highest BCUT2D eigenvalue weighted by Gasteiger charge is 2.29. The molecule has 0 aliphatic rings. The van der Waals surface area contributed by atoms with E-state index in [0.717, 1.165) is 12.8 Å². The van der Waals surface area contributed by atoms with Gasteiger partial charge in [0.1, 0.15) is 0 Å². The molecule has 0 aromatic rings. The molecule has 0 aliphatic heterocycles. The number of carbonyl (C=O) groups is 1. The fraction of sp³-hybridized carbons (Fsp3) is 0.917. The third-order valence-corrected chi connectivity index (χ3v) is 3.10. The predicted molar refractivity (Wildman–Crippen MR) is 64.6 cm³/mol. The molecule has 15 heavy (non-hydrogen) atoms. The lowest BCUT2D eigenvalue weighted by Gasteiger charge is -2.36. The quantitative estimate of drug-likeness (QED) is 0.778. The Morgan fingerprint density at radius 2 is 1.87 bits per heavy atom. The van der Waals surface area contributed by atoms with Gasteiger partial charge in [-0.15, -0.1) is 0 Å². The van der Waals surface area contributed by atoms with Crippen molar-refractivity contribution in [2.24, 2.45) is 11.1 Å². The van der Waals surface area contributed by atoms with Crippen molar-refractivity contribution >= 4 is 5.91 Å². The molecule has 0 fully saturated rings. The molecule has 1 unspecified atom stereocenters. The van der Waals surface area contributed by atoms with Gasteiger partial charge in [0.25, 0.3) is 0 Å². The lowest BCUT2D eigenvalue weighted by atomic mass is 9.87. The fourth-order valence-corrected chi connectivity index (χ4v) is 1.47. The third-order valence-electron chi connectivity index (χ3n) is 3.10. The molecule has 0 heterocycles. The minimum absolute atomic E-state index is 0.0549. The SMILES string of the molecule is CCC[C@@H](N)C(=O)N(C)C(C)C(C)(C)C. The fourth-order valence-electron chi connectivity index (χ4n) is 1.47. The number of hydrogen-bond donors (Lipinski definition) is 1. The summed E-state index contributed by atoms with van der Waals surface area (Å²) in [5, 5.41) is 0. The standard InChI is InChI=1S/C12H26N2O/c1-7-8-10(13)11(15)14(6)9(2)12(3,4)5/h9-10H,7-8,13H2,1-6H3/t9?,10-/m1/s1. The van der Waals surface area contributed by atoms with Crippen LogP contribution in [0.15, 0.2) is 0 Å². The molecule has 0 spiro atoms. The summed E-state index contributed by atoms with van der Waals surface area (Å²) in [6.45, 7) is 10.5. The highest BCUT2D eigenvalue weighted by Crippen LogP contribution is 2.23. The molecule has 0 saturated carbocycles. The number of hydrogen-bond acceptors (Lipinski definition) is 2. The van der Waals surface area contributed by atoms with Crippen LogP contribution in [0.1, 0.15) is 47.5 Å². The van der Waals surface area contributed by atoms with E-state index in [2.05, 4.69) is 27.7 Å². The first-order chi connectivity index (χ1) is 6.71. The van der Waals surface area contributed by atoms with Gasteiger partial charge in [0.2, 0.25) is 5.91 Å². The average Bonchev–Trinajstić information content (AvgIpc) is 2.13. The molecule has 0 aromatic heterocycles. The van der Waals surface area contributed by atoms with Gasteiger partial charge in [-0.05, 0) is 18.8 Å². The molecule has 0 saturated heterocycles. The van der Waals surface area contributed by atoms with Gasteiger partial charge in [-0.1, -0.05) is 34.1 Å². The van der Waals surface area contributed by atoms with Crippen LogP contribution in [0.3, 0.4) is 0 Å². The molecule has 0 rings (SSSR count). The van der Waals surface area contributed by atoms with Crippen LogP contribution < -0.4 is 5.73 Å². The zero-order valence-corrected chi connectivity index (χ0v) is 11.0. The van der Waals surface area contributed by atoms with Gasteiger partial charge in [-0.3, -0.25) is 4.79 Å². The van der Waals surface area contributed by atoms with Crippen LogP contribution in [0.5, 0.6) is 0 Å². The highest BCUT2D eigenvalue weighted by atomic mass is 16.2. The van der Waals surface area contributed by atoms with Gasteiger partial charge in [-0.25, -0.2) is 0 Å². The van der Waals surface area contributed by atoms with Crippen LogP contribution in [0.2, 0.25) is 0 Å². The van der Waals surface area contributed by atoms with E-state index in [1.54, 1.807) is 4.90 Å². The summed E-state index contributed by atoms with van der Waals surface area (Å²) < 4.78 is 0. The number of nitrogens with two attached hydrogens (primary N) is 1. The largest absolute Gasteiger partial charge is 0.341 e. The molecule has 2 atom stereocenters. The Kier molecular flexibility index (Phi) is 5.29. The van der Waals surface area contributed by atoms with E-state index in [1.165, 1.54) is 0 Å². The van der Waals surface area contributed by atoms with E-state index in [4.69, 9.17) is 5.73 Å². The summed E-state index contributed by atoms with van der Waals surface area (Å²) in [6.07, 6.45) is 1.71. The van der Waals surface area contributed by atoms with Crippen molar-refractivity contribution in [1.82, 2.24) is 4.90 Å². The van der Waals surface area contributed by atoms with E-state index >= 15 is 0 Å². The van der Waals surface area contributed by atoms with Gasteiger partial charge in [0.15, 0.2) is 0 Å². The summed E-state index contributed by atoms with van der Waals surface area (Å²) in [7, 11) is 1.84. The van der Waals surface area contributed by atoms with E-state index in [1.807, 2.05) is 14.0 Å². The second kappa shape index (κ2) is 5.50. The highest BCUT2D eigenvalue weighted by molar-refractivity contribution is 5.81. The molecule has 3 nitrogen and oxygen atoms in total. The van der Waals surface area contributed by atoms with Crippen molar-refractivity contribution in [2.45, 2.75) is 59.5 Å². The monoisotopic (exact) mass is 214 g/mol. The zero-order chi connectivity index (χ0) is 12.2. The first-order valence-corrected chi connectivity index (χ1v) is 5.74. The molecule has 2 N–H and O–H groups in total. The maximum absolute atomic E-state index is 11.9. The Morgan fingerprint density at radius 1 is 1.40 bits per heavy atom. The van der Waals surface area contributed by atoms with Crippen LogP contribution >= 0.6 is 0 Å². The van der Waals surface area contributed by atoms with Crippen LogP contribution in [0, 0.1) is 5.41 Å². The summed E-state index contributed by atoms with van der Waals surface area (Å²) in [5.74, 6) is 0.0549. The maximum atomic E-state index is 11.9. The molecule has 0 aromatic carbocycles. The van der Waals surface area contributed by atoms with Crippen molar-refractivity contribution < 1.29 is 4.79 Å². The lowest BCUT2D eigenvalue weighted by molar-refractivity contribution is -0.135. The first-order valence-electron chi connectivity index (χ1n) is 5.74. The van der Waals surface area contributed by atoms with Crippen LogP contribution in [-0.2, 0) is 4.79 Å². The lowest BCUT2D eigenvalue weighted by Crippen LogP contribution is -2.49. The van der Waals surface area contributed by atoms with Crippen molar-refractivity contribution in [3.05, 3.63) is 0 Å². The average molecular weight is 214 g/mol. The Bertz CT molecular complexity index is 208.